The van der Waals surface area contributed by atoms with E-state index >= 15 is 0 Å². The second-order valence-corrected chi connectivity index (χ2v) is 6.35. The van der Waals surface area contributed by atoms with Gasteiger partial charge in [0.25, 0.3) is 0 Å². The molecule has 2 heterocycles. The molecule has 22 heavy (non-hydrogen) atoms. The first-order valence-corrected chi connectivity index (χ1v) is 8.33. The Morgan fingerprint density at radius 3 is 2.82 bits per heavy atom. The topological polar surface area (TPSA) is 27.7 Å². The summed E-state index contributed by atoms with van der Waals surface area (Å²) in [5, 5.41) is 3.42. The molecule has 3 rings (SSSR count). The zero-order valence-electron chi connectivity index (χ0n) is 13.8. The zero-order chi connectivity index (χ0) is 15.5. The summed E-state index contributed by atoms with van der Waals surface area (Å²) >= 11 is 0. The second-order valence-electron chi connectivity index (χ2n) is 6.35. The molecule has 1 atom stereocenters. The van der Waals surface area contributed by atoms with Gasteiger partial charge in [0.2, 0.25) is 0 Å². The Hall–Kier alpha value is -1.68. The van der Waals surface area contributed by atoms with Crippen LogP contribution < -0.4 is 19.9 Å². The van der Waals surface area contributed by atoms with Gasteiger partial charge in [0.1, 0.15) is 17.5 Å². The molecule has 0 bridgehead atoms. The van der Waals surface area contributed by atoms with E-state index in [9.17, 15) is 0 Å². The van der Waals surface area contributed by atoms with Crippen LogP contribution in [0.4, 0.5) is 11.4 Å². The van der Waals surface area contributed by atoms with E-state index in [4.69, 9.17) is 4.74 Å². The molecule has 0 amide bonds. The van der Waals surface area contributed by atoms with Crippen LogP contribution >= 0.6 is 0 Å². The Labute approximate surface area is 133 Å². The number of nitrogens with one attached hydrogen (secondary N) is 1. The maximum Gasteiger partial charge on any atom is 0.145 e. The van der Waals surface area contributed by atoms with Crippen LogP contribution in [0.3, 0.4) is 0 Å². The lowest BCUT2D eigenvalue weighted by atomic mass is 10.1. The molecular formula is C18H27N3O. The van der Waals surface area contributed by atoms with Gasteiger partial charge in [-0.1, -0.05) is 25.1 Å². The van der Waals surface area contributed by atoms with Crippen LogP contribution in [-0.2, 0) is 0 Å². The first-order valence-electron chi connectivity index (χ1n) is 8.33. The van der Waals surface area contributed by atoms with Crippen molar-refractivity contribution in [3.63, 3.8) is 0 Å². The molecule has 1 N–H and O–H groups in total. The number of nitrogens with zero attached hydrogens (tertiary/aromatic N) is 2. The van der Waals surface area contributed by atoms with Crippen molar-refractivity contribution in [3.8, 4) is 5.75 Å². The number of benzene rings is 1. The highest BCUT2D eigenvalue weighted by atomic mass is 16.5. The number of rotatable bonds is 4. The summed E-state index contributed by atoms with van der Waals surface area (Å²) in [5.41, 5.74) is 3.74. The van der Waals surface area contributed by atoms with Crippen molar-refractivity contribution in [1.29, 1.82) is 0 Å². The van der Waals surface area contributed by atoms with E-state index in [1.807, 2.05) is 0 Å². The fourth-order valence-corrected chi connectivity index (χ4v) is 3.32. The Balaban J connectivity index is 1.97. The maximum atomic E-state index is 6.21. The van der Waals surface area contributed by atoms with Crippen molar-refractivity contribution in [2.75, 3.05) is 49.1 Å². The molecule has 4 heteroatoms. The van der Waals surface area contributed by atoms with E-state index in [0.29, 0.717) is 0 Å². The Morgan fingerprint density at radius 1 is 1.36 bits per heavy atom. The van der Waals surface area contributed by atoms with E-state index < -0.39 is 0 Å². The first-order chi connectivity index (χ1) is 10.7. The predicted molar refractivity (Wildman–Crippen MR) is 93.3 cm³/mol. The molecule has 2 aliphatic rings. The van der Waals surface area contributed by atoms with Crippen molar-refractivity contribution in [1.82, 2.24) is 5.32 Å². The predicted octanol–water partition coefficient (Wildman–Crippen LogP) is 2.65. The lowest BCUT2D eigenvalue weighted by Crippen LogP contribution is -2.46. The molecule has 0 aromatic heterocycles. The SMILES string of the molecule is C=C(C)CN1CC(CC)Oc2cccc(N3CCNCC3)c21. The molecule has 1 aromatic rings. The standard InChI is InChI=1S/C18H27N3O/c1-4-15-13-21(12-14(2)3)18-16(6-5-7-17(18)22-15)20-10-8-19-9-11-20/h5-7,15,19H,2,4,8-13H2,1,3H3. The van der Waals surface area contributed by atoms with Gasteiger partial charge in [0, 0.05) is 32.7 Å². The van der Waals surface area contributed by atoms with Crippen molar-refractivity contribution in [3.05, 3.63) is 30.4 Å². The van der Waals surface area contributed by atoms with Crippen LogP contribution in [0.1, 0.15) is 20.3 Å². The number of piperazine rings is 1. The molecule has 0 aliphatic carbocycles. The summed E-state index contributed by atoms with van der Waals surface area (Å²) in [4.78, 5) is 4.92. The molecule has 1 unspecified atom stereocenters. The van der Waals surface area contributed by atoms with Gasteiger partial charge >= 0.3 is 0 Å². The monoisotopic (exact) mass is 301 g/mol. The normalized spacial score (nSPS) is 21.3. The molecule has 120 valence electrons. The third kappa shape index (κ3) is 3.07. The van der Waals surface area contributed by atoms with Crippen LogP contribution in [0, 0.1) is 0 Å². The van der Waals surface area contributed by atoms with Gasteiger partial charge in [-0.05, 0) is 25.5 Å². The summed E-state index contributed by atoms with van der Waals surface area (Å²) < 4.78 is 6.21. The molecule has 1 aromatic carbocycles. The average molecular weight is 301 g/mol. The zero-order valence-corrected chi connectivity index (χ0v) is 13.8. The summed E-state index contributed by atoms with van der Waals surface area (Å²) in [5.74, 6) is 1.02. The smallest absolute Gasteiger partial charge is 0.145 e. The van der Waals surface area contributed by atoms with Crippen molar-refractivity contribution in [2.24, 2.45) is 0 Å². The highest BCUT2D eigenvalue weighted by Crippen LogP contribution is 2.42. The fourth-order valence-electron chi connectivity index (χ4n) is 3.32. The second kappa shape index (κ2) is 6.61. The van der Waals surface area contributed by atoms with Gasteiger partial charge in [-0.3, -0.25) is 0 Å². The van der Waals surface area contributed by atoms with Crippen LogP contribution in [0.15, 0.2) is 30.4 Å². The lowest BCUT2D eigenvalue weighted by Gasteiger charge is -2.40. The number of anilines is 2. The van der Waals surface area contributed by atoms with Gasteiger partial charge in [-0.25, -0.2) is 0 Å². The first kappa shape index (κ1) is 15.2. The fraction of sp³-hybridized carbons (Fsp3) is 0.556. The van der Waals surface area contributed by atoms with Gasteiger partial charge in [0.05, 0.1) is 12.2 Å². The summed E-state index contributed by atoms with van der Waals surface area (Å²) in [6.07, 6.45) is 1.30. The van der Waals surface area contributed by atoms with Crippen LogP contribution in [-0.4, -0.2) is 45.4 Å². The minimum absolute atomic E-state index is 0.269. The quantitative estimate of drug-likeness (QED) is 0.865. The van der Waals surface area contributed by atoms with E-state index in [0.717, 1.165) is 51.4 Å². The number of fused-ring (bicyclic) bond motifs is 1. The Morgan fingerprint density at radius 2 is 2.14 bits per heavy atom. The minimum Gasteiger partial charge on any atom is -0.486 e. The van der Waals surface area contributed by atoms with Crippen molar-refractivity contribution < 1.29 is 4.74 Å². The van der Waals surface area contributed by atoms with E-state index in [1.165, 1.54) is 16.9 Å². The van der Waals surface area contributed by atoms with E-state index in [2.05, 4.69) is 53.7 Å². The Kier molecular flexibility index (Phi) is 4.57. The van der Waals surface area contributed by atoms with Crippen LogP contribution in [0.25, 0.3) is 0 Å². The van der Waals surface area contributed by atoms with Gasteiger partial charge in [-0.2, -0.15) is 0 Å². The van der Waals surface area contributed by atoms with Gasteiger partial charge in [0.15, 0.2) is 0 Å². The van der Waals surface area contributed by atoms with Gasteiger partial charge in [-0.15, -0.1) is 0 Å². The van der Waals surface area contributed by atoms with Crippen molar-refractivity contribution in [2.45, 2.75) is 26.4 Å². The average Bonchev–Trinajstić information content (AvgIpc) is 2.54. The molecule has 1 saturated heterocycles. The Bertz CT molecular complexity index is 537. The molecule has 0 saturated carbocycles. The maximum absolute atomic E-state index is 6.21. The molecular weight excluding hydrogens is 274 g/mol. The number of para-hydroxylation sites is 1. The number of ether oxygens (including phenoxy) is 1. The summed E-state index contributed by atoms with van der Waals surface area (Å²) in [7, 11) is 0. The summed E-state index contributed by atoms with van der Waals surface area (Å²) in [6, 6.07) is 6.45. The molecule has 1 fully saturated rings. The van der Waals surface area contributed by atoms with E-state index in [-0.39, 0.29) is 6.10 Å². The third-order valence-corrected chi connectivity index (χ3v) is 4.39. The highest BCUT2D eigenvalue weighted by molar-refractivity contribution is 5.79. The van der Waals surface area contributed by atoms with Crippen LogP contribution in [0.5, 0.6) is 5.75 Å². The van der Waals surface area contributed by atoms with E-state index in [1.54, 1.807) is 0 Å². The minimum atomic E-state index is 0.269. The molecule has 0 radical (unpaired) electrons. The lowest BCUT2D eigenvalue weighted by molar-refractivity contribution is 0.190. The van der Waals surface area contributed by atoms with Gasteiger partial charge < -0.3 is 19.9 Å². The molecule has 4 nitrogen and oxygen atoms in total. The highest BCUT2D eigenvalue weighted by Gasteiger charge is 2.29. The molecule has 2 aliphatic heterocycles. The van der Waals surface area contributed by atoms with Crippen LogP contribution in [0.2, 0.25) is 0 Å². The molecule has 0 spiro atoms. The number of hydrogen-bond donors (Lipinski definition) is 1. The number of hydrogen-bond acceptors (Lipinski definition) is 4. The van der Waals surface area contributed by atoms with Crippen molar-refractivity contribution >= 4 is 11.4 Å². The summed E-state index contributed by atoms with van der Waals surface area (Å²) in [6.45, 7) is 14.4. The largest absolute Gasteiger partial charge is 0.486 e. The third-order valence-electron chi connectivity index (χ3n) is 4.39.